The lowest BCUT2D eigenvalue weighted by atomic mass is 10.0. The van der Waals surface area contributed by atoms with Gasteiger partial charge >= 0.3 is 0 Å². The fourth-order valence-corrected chi connectivity index (χ4v) is 3.80. The van der Waals surface area contributed by atoms with E-state index in [-0.39, 0.29) is 12.6 Å². The first-order valence-corrected chi connectivity index (χ1v) is 8.75. The van der Waals surface area contributed by atoms with Gasteiger partial charge in [0.1, 0.15) is 0 Å². The zero-order valence-corrected chi connectivity index (χ0v) is 13.4. The van der Waals surface area contributed by atoms with Crippen LogP contribution in [0.25, 0.3) is 4.96 Å². The third-order valence-electron chi connectivity index (χ3n) is 4.17. The lowest BCUT2D eigenvalue weighted by Gasteiger charge is -2.35. The van der Waals surface area contributed by atoms with Crippen molar-refractivity contribution < 1.29 is 5.11 Å². The van der Waals surface area contributed by atoms with E-state index in [9.17, 15) is 5.11 Å². The van der Waals surface area contributed by atoms with E-state index in [1.54, 1.807) is 11.3 Å². The van der Waals surface area contributed by atoms with Gasteiger partial charge in [-0.05, 0) is 32.2 Å². The molecule has 1 aliphatic heterocycles. The van der Waals surface area contributed by atoms with Crippen LogP contribution in [0.4, 0.5) is 5.82 Å². The second kappa shape index (κ2) is 6.77. The number of rotatable bonds is 6. The molecular weight excluding hydrogens is 284 g/mol. The van der Waals surface area contributed by atoms with Gasteiger partial charge < -0.3 is 15.3 Å². The fourth-order valence-electron chi connectivity index (χ4n) is 3.07. The minimum atomic E-state index is 0.215. The second-order valence-corrected chi connectivity index (χ2v) is 6.51. The number of anilines is 1. The first-order valence-electron chi connectivity index (χ1n) is 7.87. The number of imidazole rings is 1. The third-order valence-corrected chi connectivity index (χ3v) is 4.93. The molecule has 5 nitrogen and oxygen atoms in total. The van der Waals surface area contributed by atoms with E-state index in [0.717, 1.165) is 43.3 Å². The van der Waals surface area contributed by atoms with Gasteiger partial charge in [0.05, 0.1) is 18.3 Å². The van der Waals surface area contributed by atoms with Crippen molar-refractivity contribution in [2.24, 2.45) is 0 Å². The predicted octanol–water partition coefficient (Wildman–Crippen LogP) is 2.25. The maximum absolute atomic E-state index is 9.66. The average Bonchev–Trinajstić information content (AvgIpc) is 3.09. The van der Waals surface area contributed by atoms with Gasteiger partial charge in [0, 0.05) is 24.7 Å². The van der Waals surface area contributed by atoms with Crippen LogP contribution < -0.4 is 10.2 Å². The maximum atomic E-state index is 9.66. The van der Waals surface area contributed by atoms with E-state index < -0.39 is 0 Å². The summed E-state index contributed by atoms with van der Waals surface area (Å²) in [7, 11) is 0. The summed E-state index contributed by atoms with van der Waals surface area (Å²) in [4.78, 5) is 8.18. The van der Waals surface area contributed by atoms with Gasteiger partial charge in [0.15, 0.2) is 10.8 Å². The van der Waals surface area contributed by atoms with Crippen LogP contribution in [0.15, 0.2) is 11.6 Å². The van der Waals surface area contributed by atoms with E-state index in [2.05, 4.69) is 33.1 Å². The third kappa shape index (κ3) is 2.93. The first-order chi connectivity index (χ1) is 10.3. The molecule has 1 atom stereocenters. The normalized spacial score (nSPS) is 19.5. The highest BCUT2D eigenvalue weighted by atomic mass is 32.1. The number of hydrogen-bond donors (Lipinski definition) is 2. The van der Waals surface area contributed by atoms with Gasteiger partial charge in [-0.25, -0.2) is 4.98 Å². The molecule has 1 saturated heterocycles. The number of hydrogen-bond acceptors (Lipinski definition) is 5. The van der Waals surface area contributed by atoms with Crippen LogP contribution in [0, 0.1) is 0 Å². The molecule has 1 unspecified atom stereocenters. The first kappa shape index (κ1) is 14.8. The van der Waals surface area contributed by atoms with Crippen LogP contribution in [0.5, 0.6) is 0 Å². The average molecular weight is 308 g/mol. The molecule has 3 rings (SSSR count). The SMILES string of the molecule is CCCNCc1c(N2CCCCC2CO)nc2sccn12. The summed E-state index contributed by atoms with van der Waals surface area (Å²) >= 11 is 1.67. The standard InChI is InChI=1S/C15H24N4OS/c1-2-6-16-10-13-14(17-15-19(13)8-9-21-15)18-7-4-3-5-12(18)11-20/h8-9,12,16,20H,2-7,10-11H2,1H3. The largest absolute Gasteiger partial charge is 0.394 e. The number of aliphatic hydroxyl groups is 1. The number of nitrogens with one attached hydrogen (secondary N) is 1. The van der Waals surface area contributed by atoms with Gasteiger partial charge in [-0.3, -0.25) is 4.40 Å². The minimum Gasteiger partial charge on any atom is -0.394 e. The Labute approximate surface area is 129 Å². The summed E-state index contributed by atoms with van der Waals surface area (Å²) in [5, 5.41) is 15.2. The molecule has 0 aromatic carbocycles. The van der Waals surface area contributed by atoms with Crippen molar-refractivity contribution >= 4 is 22.1 Å². The number of nitrogens with zero attached hydrogens (tertiary/aromatic N) is 3. The molecule has 3 heterocycles. The number of fused-ring (bicyclic) bond motifs is 1. The fraction of sp³-hybridized carbons (Fsp3) is 0.667. The van der Waals surface area contributed by atoms with Gasteiger partial charge in [0.2, 0.25) is 0 Å². The van der Waals surface area contributed by atoms with Crippen LogP contribution in [0.3, 0.4) is 0 Å². The van der Waals surface area contributed by atoms with E-state index in [4.69, 9.17) is 4.98 Å². The Morgan fingerprint density at radius 1 is 1.48 bits per heavy atom. The quantitative estimate of drug-likeness (QED) is 0.804. The van der Waals surface area contributed by atoms with Crippen LogP contribution >= 0.6 is 11.3 Å². The number of aliphatic hydroxyl groups excluding tert-OH is 1. The highest BCUT2D eigenvalue weighted by molar-refractivity contribution is 7.15. The lowest BCUT2D eigenvalue weighted by Crippen LogP contribution is -2.42. The van der Waals surface area contributed by atoms with Gasteiger partial charge in [-0.2, -0.15) is 0 Å². The Morgan fingerprint density at radius 2 is 2.38 bits per heavy atom. The Hall–Kier alpha value is -1.11. The molecular formula is C15H24N4OS. The maximum Gasteiger partial charge on any atom is 0.195 e. The molecule has 6 heteroatoms. The molecule has 2 aromatic heterocycles. The van der Waals surface area contributed by atoms with Crippen molar-refractivity contribution in [1.29, 1.82) is 0 Å². The molecule has 1 aliphatic rings. The molecule has 21 heavy (non-hydrogen) atoms. The molecule has 1 fully saturated rings. The molecule has 0 amide bonds. The molecule has 0 aliphatic carbocycles. The van der Waals surface area contributed by atoms with Crippen molar-refractivity contribution in [2.75, 3.05) is 24.6 Å². The van der Waals surface area contributed by atoms with Crippen molar-refractivity contribution in [3.63, 3.8) is 0 Å². The number of aromatic nitrogens is 2. The van der Waals surface area contributed by atoms with Crippen molar-refractivity contribution in [1.82, 2.24) is 14.7 Å². The lowest BCUT2D eigenvalue weighted by molar-refractivity contribution is 0.239. The summed E-state index contributed by atoms with van der Waals surface area (Å²) in [6, 6.07) is 0.216. The summed E-state index contributed by atoms with van der Waals surface area (Å²) < 4.78 is 2.19. The van der Waals surface area contributed by atoms with Crippen LogP contribution in [0.1, 0.15) is 38.3 Å². The molecule has 0 radical (unpaired) electrons. The molecule has 0 spiro atoms. The van der Waals surface area contributed by atoms with Crippen LogP contribution in [-0.2, 0) is 6.54 Å². The summed E-state index contributed by atoms with van der Waals surface area (Å²) in [6.45, 7) is 5.23. The topological polar surface area (TPSA) is 52.8 Å². The van der Waals surface area contributed by atoms with E-state index >= 15 is 0 Å². The Bertz CT molecular complexity index is 579. The van der Waals surface area contributed by atoms with Crippen molar-refractivity contribution in [3.05, 3.63) is 17.3 Å². The zero-order valence-electron chi connectivity index (χ0n) is 12.6. The molecule has 116 valence electrons. The van der Waals surface area contributed by atoms with Gasteiger partial charge in [-0.1, -0.05) is 6.92 Å². The highest BCUT2D eigenvalue weighted by Gasteiger charge is 2.27. The van der Waals surface area contributed by atoms with Crippen molar-refractivity contribution in [3.8, 4) is 0 Å². The summed E-state index contributed by atoms with van der Waals surface area (Å²) in [5.41, 5.74) is 1.22. The molecule has 2 aromatic rings. The predicted molar refractivity (Wildman–Crippen MR) is 87.1 cm³/mol. The monoisotopic (exact) mass is 308 g/mol. The summed E-state index contributed by atoms with van der Waals surface area (Å²) in [6.07, 6.45) is 6.67. The molecule has 0 bridgehead atoms. The second-order valence-electron chi connectivity index (χ2n) is 5.64. The van der Waals surface area contributed by atoms with E-state index in [0.29, 0.717) is 0 Å². The van der Waals surface area contributed by atoms with E-state index in [1.165, 1.54) is 18.5 Å². The minimum absolute atomic E-state index is 0.215. The van der Waals surface area contributed by atoms with Crippen molar-refractivity contribution in [2.45, 2.75) is 45.2 Å². The smallest absolute Gasteiger partial charge is 0.195 e. The molecule has 0 saturated carbocycles. The zero-order chi connectivity index (χ0) is 14.7. The Balaban J connectivity index is 1.92. The van der Waals surface area contributed by atoms with Crippen LogP contribution in [-0.4, -0.2) is 40.2 Å². The summed E-state index contributed by atoms with van der Waals surface area (Å²) in [5.74, 6) is 1.06. The number of piperidine rings is 1. The molecule has 2 N–H and O–H groups in total. The van der Waals surface area contributed by atoms with Gasteiger partial charge in [0.25, 0.3) is 0 Å². The van der Waals surface area contributed by atoms with Gasteiger partial charge in [-0.15, -0.1) is 11.3 Å². The number of thiazole rings is 1. The van der Waals surface area contributed by atoms with Crippen LogP contribution in [0.2, 0.25) is 0 Å². The Morgan fingerprint density at radius 3 is 3.19 bits per heavy atom. The highest BCUT2D eigenvalue weighted by Crippen LogP contribution is 2.29. The van der Waals surface area contributed by atoms with E-state index in [1.807, 2.05) is 0 Å². The Kier molecular flexibility index (Phi) is 4.77.